The van der Waals surface area contributed by atoms with Crippen LogP contribution in [0.15, 0.2) is 18.2 Å². The molecular weight excluding hydrogens is 310 g/mol. The Kier molecular flexibility index (Phi) is 3.94. The molecule has 4 bridgehead atoms. The van der Waals surface area contributed by atoms with Crippen LogP contribution in [0.4, 0.5) is 5.82 Å². The highest BCUT2D eigenvalue weighted by molar-refractivity contribution is 5.92. The molecule has 1 aliphatic heterocycles. The van der Waals surface area contributed by atoms with Crippen molar-refractivity contribution in [2.45, 2.75) is 57.4 Å². The molecule has 4 aliphatic carbocycles. The number of amides is 1. The minimum atomic E-state index is 0.0383. The lowest BCUT2D eigenvalue weighted by molar-refractivity contribution is -0.0120. The molecule has 4 nitrogen and oxygen atoms in total. The van der Waals surface area contributed by atoms with Crippen molar-refractivity contribution >= 4 is 11.7 Å². The van der Waals surface area contributed by atoms with Gasteiger partial charge in [-0.2, -0.15) is 0 Å². The first-order chi connectivity index (χ1) is 12.3. The summed E-state index contributed by atoms with van der Waals surface area (Å²) in [7, 11) is 0. The topological polar surface area (TPSA) is 45.2 Å². The van der Waals surface area contributed by atoms with Crippen LogP contribution in [0.25, 0.3) is 0 Å². The highest BCUT2D eigenvalue weighted by Gasteiger charge is 2.48. The van der Waals surface area contributed by atoms with Gasteiger partial charge < -0.3 is 10.2 Å². The average molecular weight is 339 g/mol. The average Bonchev–Trinajstić information content (AvgIpc) is 2.65. The lowest BCUT2D eigenvalue weighted by Crippen LogP contribution is -2.55. The summed E-state index contributed by atoms with van der Waals surface area (Å²) in [4.78, 5) is 19.9. The minimum absolute atomic E-state index is 0.0383. The summed E-state index contributed by atoms with van der Waals surface area (Å²) in [5.41, 5.74) is 0.594. The Bertz CT molecular complexity index is 624. The lowest BCUT2D eigenvalue weighted by Gasteiger charge is -2.54. The highest BCUT2D eigenvalue weighted by Crippen LogP contribution is 2.53. The number of rotatable bonds is 3. The zero-order valence-corrected chi connectivity index (χ0v) is 15.0. The summed E-state index contributed by atoms with van der Waals surface area (Å²) in [6, 6.07) is 6.30. The molecule has 1 aromatic heterocycles. The van der Waals surface area contributed by atoms with Crippen molar-refractivity contribution in [2.24, 2.45) is 23.7 Å². The maximum atomic E-state index is 12.9. The third kappa shape index (κ3) is 2.94. The van der Waals surface area contributed by atoms with Crippen LogP contribution in [0.1, 0.15) is 61.9 Å². The van der Waals surface area contributed by atoms with Crippen LogP contribution in [0.3, 0.4) is 0 Å². The number of aromatic nitrogens is 1. The minimum Gasteiger partial charge on any atom is -0.357 e. The van der Waals surface area contributed by atoms with Crippen molar-refractivity contribution in [2.75, 3.05) is 18.0 Å². The normalized spacial score (nSPS) is 36.5. The first-order valence-corrected chi connectivity index (χ1v) is 10.3. The van der Waals surface area contributed by atoms with Crippen LogP contribution < -0.4 is 10.2 Å². The van der Waals surface area contributed by atoms with Gasteiger partial charge in [-0.05, 0) is 87.2 Å². The SMILES string of the molecule is O=C(NC1C2CC3CC(C2)CC1C3)c1cccc(N2CCCCC2)n1. The monoisotopic (exact) mass is 339 g/mol. The van der Waals surface area contributed by atoms with Crippen LogP contribution in [-0.4, -0.2) is 30.0 Å². The van der Waals surface area contributed by atoms with Crippen molar-refractivity contribution in [1.82, 2.24) is 10.3 Å². The molecule has 0 radical (unpaired) electrons. The molecule has 2 heterocycles. The number of anilines is 1. The molecular formula is C21H29N3O. The lowest BCUT2D eigenvalue weighted by atomic mass is 9.54. The second kappa shape index (κ2) is 6.30. The first-order valence-electron chi connectivity index (χ1n) is 10.3. The quantitative estimate of drug-likeness (QED) is 0.915. The van der Waals surface area contributed by atoms with E-state index in [0.717, 1.165) is 30.7 Å². The largest absolute Gasteiger partial charge is 0.357 e. The predicted molar refractivity (Wildman–Crippen MR) is 98.6 cm³/mol. The molecule has 1 saturated heterocycles. The van der Waals surface area contributed by atoms with E-state index in [9.17, 15) is 4.79 Å². The van der Waals surface area contributed by atoms with E-state index < -0.39 is 0 Å². The van der Waals surface area contributed by atoms with Crippen molar-refractivity contribution in [3.63, 3.8) is 0 Å². The van der Waals surface area contributed by atoms with Crippen LogP contribution in [-0.2, 0) is 0 Å². The summed E-state index contributed by atoms with van der Waals surface area (Å²) >= 11 is 0. The van der Waals surface area contributed by atoms with E-state index in [0.29, 0.717) is 23.6 Å². The predicted octanol–water partition coefficient (Wildman–Crippen LogP) is 3.63. The van der Waals surface area contributed by atoms with E-state index in [2.05, 4.69) is 10.2 Å². The number of piperidine rings is 1. The molecule has 25 heavy (non-hydrogen) atoms. The standard InChI is InChI=1S/C21H29N3O/c25-21(18-5-4-6-19(22-18)24-7-2-1-3-8-24)23-20-16-10-14-9-15(12-16)13-17(20)11-14/h4-6,14-17,20H,1-3,7-13H2,(H,23,25). The van der Waals surface area contributed by atoms with Crippen molar-refractivity contribution in [1.29, 1.82) is 0 Å². The maximum absolute atomic E-state index is 12.9. The fraction of sp³-hybridized carbons (Fsp3) is 0.714. The van der Waals surface area contributed by atoms with Gasteiger partial charge in [0.1, 0.15) is 11.5 Å². The van der Waals surface area contributed by atoms with Gasteiger partial charge in [0, 0.05) is 19.1 Å². The Morgan fingerprint density at radius 2 is 1.64 bits per heavy atom. The molecule has 4 heteroatoms. The fourth-order valence-corrected chi connectivity index (χ4v) is 6.24. The van der Waals surface area contributed by atoms with E-state index >= 15 is 0 Å². The van der Waals surface area contributed by atoms with E-state index in [1.165, 1.54) is 51.4 Å². The number of carbonyl (C=O) groups is 1. The van der Waals surface area contributed by atoms with Gasteiger partial charge in [-0.1, -0.05) is 6.07 Å². The zero-order chi connectivity index (χ0) is 16.8. The summed E-state index contributed by atoms with van der Waals surface area (Å²) in [6.07, 6.45) is 10.5. The van der Waals surface area contributed by atoms with Gasteiger partial charge in [0.25, 0.3) is 5.91 Å². The van der Waals surface area contributed by atoms with Crippen LogP contribution in [0.2, 0.25) is 0 Å². The maximum Gasteiger partial charge on any atom is 0.270 e. The first kappa shape index (κ1) is 15.7. The molecule has 6 rings (SSSR count). The van der Waals surface area contributed by atoms with Crippen LogP contribution in [0, 0.1) is 23.7 Å². The fourth-order valence-electron chi connectivity index (χ4n) is 6.24. The van der Waals surface area contributed by atoms with E-state index in [1.54, 1.807) is 0 Å². The molecule has 0 atom stereocenters. The second-order valence-electron chi connectivity index (χ2n) is 8.86. The van der Waals surface area contributed by atoms with E-state index in [1.807, 2.05) is 18.2 Å². The van der Waals surface area contributed by atoms with Gasteiger partial charge in [0.05, 0.1) is 0 Å². The molecule has 5 fully saturated rings. The van der Waals surface area contributed by atoms with Crippen LogP contribution in [0.5, 0.6) is 0 Å². The van der Waals surface area contributed by atoms with Crippen LogP contribution >= 0.6 is 0 Å². The molecule has 1 N–H and O–H groups in total. The Morgan fingerprint density at radius 3 is 2.32 bits per heavy atom. The number of pyridine rings is 1. The van der Waals surface area contributed by atoms with Gasteiger partial charge >= 0.3 is 0 Å². The number of nitrogens with zero attached hydrogens (tertiary/aromatic N) is 2. The Balaban J connectivity index is 1.30. The van der Waals surface area contributed by atoms with Gasteiger partial charge in [-0.15, -0.1) is 0 Å². The van der Waals surface area contributed by atoms with Gasteiger partial charge in [0.15, 0.2) is 0 Å². The summed E-state index contributed by atoms with van der Waals surface area (Å²) < 4.78 is 0. The second-order valence-corrected chi connectivity index (χ2v) is 8.86. The zero-order valence-electron chi connectivity index (χ0n) is 15.0. The Labute approximate surface area is 150 Å². The molecule has 5 aliphatic rings. The van der Waals surface area contributed by atoms with E-state index in [4.69, 9.17) is 4.98 Å². The number of hydrogen-bond acceptors (Lipinski definition) is 3. The number of carbonyl (C=O) groups excluding carboxylic acids is 1. The number of nitrogens with one attached hydrogen (secondary N) is 1. The van der Waals surface area contributed by atoms with E-state index in [-0.39, 0.29) is 5.91 Å². The molecule has 0 unspecified atom stereocenters. The third-order valence-corrected chi connectivity index (χ3v) is 7.17. The summed E-state index contributed by atoms with van der Waals surface area (Å²) in [6.45, 7) is 2.13. The van der Waals surface area contributed by atoms with Gasteiger partial charge in [-0.3, -0.25) is 4.79 Å². The molecule has 0 aromatic carbocycles. The number of hydrogen-bond donors (Lipinski definition) is 1. The third-order valence-electron chi connectivity index (χ3n) is 7.17. The van der Waals surface area contributed by atoms with Crippen molar-refractivity contribution < 1.29 is 4.79 Å². The Hall–Kier alpha value is -1.58. The Morgan fingerprint density at radius 1 is 0.960 bits per heavy atom. The molecule has 1 aromatic rings. The van der Waals surface area contributed by atoms with Gasteiger partial charge in [-0.25, -0.2) is 4.98 Å². The van der Waals surface area contributed by atoms with Crippen molar-refractivity contribution in [3.05, 3.63) is 23.9 Å². The molecule has 0 spiro atoms. The molecule has 4 saturated carbocycles. The van der Waals surface area contributed by atoms with Crippen molar-refractivity contribution in [3.8, 4) is 0 Å². The summed E-state index contributed by atoms with van der Waals surface area (Å²) in [5.74, 6) is 4.32. The summed E-state index contributed by atoms with van der Waals surface area (Å²) in [5, 5.41) is 3.39. The van der Waals surface area contributed by atoms with Gasteiger partial charge in [0.2, 0.25) is 0 Å². The molecule has 1 amide bonds. The molecule has 134 valence electrons. The highest BCUT2D eigenvalue weighted by atomic mass is 16.2. The smallest absolute Gasteiger partial charge is 0.270 e.